The van der Waals surface area contributed by atoms with Crippen LogP contribution in [-0.4, -0.2) is 26.9 Å². The van der Waals surface area contributed by atoms with Crippen molar-refractivity contribution in [2.45, 2.75) is 19.9 Å². The molecule has 25 heavy (non-hydrogen) atoms. The Morgan fingerprint density at radius 2 is 2.08 bits per heavy atom. The zero-order valence-corrected chi connectivity index (χ0v) is 15.7. The number of fused-ring (bicyclic) bond motifs is 2. The average molecular weight is 400 g/mol. The topological polar surface area (TPSA) is 58.1 Å². The number of aromatic amines is 1. The Balaban J connectivity index is 1.77. The summed E-state index contributed by atoms with van der Waals surface area (Å²) < 4.78 is 2.87. The van der Waals surface area contributed by atoms with Gasteiger partial charge in [-0.25, -0.2) is 0 Å². The molecule has 128 valence electrons. The van der Waals surface area contributed by atoms with E-state index in [0.29, 0.717) is 24.0 Å². The van der Waals surface area contributed by atoms with Crippen LogP contribution in [0.25, 0.3) is 10.9 Å². The normalized spacial score (nSPS) is 14.0. The van der Waals surface area contributed by atoms with Crippen molar-refractivity contribution in [3.8, 4) is 0 Å². The van der Waals surface area contributed by atoms with Crippen LogP contribution in [0.4, 0.5) is 0 Å². The molecule has 3 heterocycles. The first kappa shape index (κ1) is 16.1. The summed E-state index contributed by atoms with van der Waals surface area (Å²) in [5.74, 6) is -0.0904. The fraction of sp³-hybridized carbons (Fsp3) is 0.263. The summed E-state index contributed by atoms with van der Waals surface area (Å²) in [6.07, 6.45) is 4.29. The number of rotatable bonds is 1. The number of nitrogens with one attached hydrogen (secondary N) is 1. The third kappa shape index (κ3) is 2.61. The molecule has 2 aromatic heterocycles. The summed E-state index contributed by atoms with van der Waals surface area (Å²) in [7, 11) is 1.87. The van der Waals surface area contributed by atoms with E-state index in [1.54, 1.807) is 12.4 Å². The number of aryl methyl sites for hydroxylation is 2. The average Bonchev–Trinajstić information content (AvgIpc) is 2.95. The molecule has 0 aliphatic carbocycles. The van der Waals surface area contributed by atoms with E-state index in [9.17, 15) is 9.59 Å². The van der Waals surface area contributed by atoms with Crippen LogP contribution in [0.1, 0.15) is 27.0 Å². The molecular weight excluding hydrogens is 382 g/mol. The number of nitrogens with zero attached hydrogens (tertiary/aromatic N) is 2. The number of hydrogen-bond donors (Lipinski definition) is 1. The van der Waals surface area contributed by atoms with E-state index >= 15 is 0 Å². The van der Waals surface area contributed by atoms with Gasteiger partial charge in [0.05, 0.1) is 16.5 Å². The van der Waals surface area contributed by atoms with Crippen LogP contribution in [0.3, 0.4) is 0 Å². The molecule has 0 spiro atoms. The van der Waals surface area contributed by atoms with E-state index in [1.165, 1.54) is 5.56 Å². The molecule has 0 saturated carbocycles. The minimum absolute atomic E-state index is 0.0904. The van der Waals surface area contributed by atoms with Gasteiger partial charge in [-0.1, -0.05) is 22.0 Å². The highest BCUT2D eigenvalue weighted by Gasteiger charge is 2.26. The molecular formula is C19H18BrN3O2. The van der Waals surface area contributed by atoms with Crippen LogP contribution < -0.4 is 5.56 Å². The molecule has 1 N–H and O–H groups in total. The van der Waals surface area contributed by atoms with Crippen molar-refractivity contribution in [3.63, 3.8) is 0 Å². The predicted molar refractivity (Wildman–Crippen MR) is 101 cm³/mol. The van der Waals surface area contributed by atoms with Crippen molar-refractivity contribution < 1.29 is 4.79 Å². The van der Waals surface area contributed by atoms with Gasteiger partial charge in [-0.15, -0.1) is 0 Å². The van der Waals surface area contributed by atoms with E-state index in [2.05, 4.69) is 33.0 Å². The van der Waals surface area contributed by atoms with Gasteiger partial charge in [0.15, 0.2) is 0 Å². The molecule has 1 aliphatic rings. The van der Waals surface area contributed by atoms with Gasteiger partial charge in [0.25, 0.3) is 11.5 Å². The molecule has 0 unspecified atom stereocenters. The number of hydrogen-bond acceptors (Lipinski definition) is 2. The lowest BCUT2D eigenvalue weighted by atomic mass is 9.99. The maximum atomic E-state index is 13.1. The predicted octanol–water partition coefficient (Wildman–Crippen LogP) is 3.14. The first-order valence-corrected chi connectivity index (χ1v) is 8.99. The van der Waals surface area contributed by atoms with Crippen molar-refractivity contribution in [1.29, 1.82) is 0 Å². The van der Waals surface area contributed by atoms with Crippen molar-refractivity contribution in [2.75, 3.05) is 6.54 Å². The van der Waals surface area contributed by atoms with Crippen LogP contribution in [0.2, 0.25) is 0 Å². The summed E-state index contributed by atoms with van der Waals surface area (Å²) in [4.78, 5) is 30.0. The van der Waals surface area contributed by atoms with Gasteiger partial charge in [0.1, 0.15) is 0 Å². The quantitative estimate of drug-likeness (QED) is 0.683. The second-order valence-electron chi connectivity index (χ2n) is 6.57. The zero-order chi connectivity index (χ0) is 17.7. The Morgan fingerprint density at radius 1 is 1.28 bits per heavy atom. The van der Waals surface area contributed by atoms with Gasteiger partial charge >= 0.3 is 0 Å². The van der Waals surface area contributed by atoms with E-state index in [1.807, 2.05) is 29.5 Å². The van der Waals surface area contributed by atoms with Crippen LogP contribution >= 0.6 is 15.9 Å². The van der Waals surface area contributed by atoms with Crippen molar-refractivity contribution >= 4 is 32.7 Å². The van der Waals surface area contributed by atoms with Crippen molar-refractivity contribution in [3.05, 3.63) is 67.7 Å². The number of carbonyl (C=O) groups is 1. The summed E-state index contributed by atoms with van der Waals surface area (Å²) in [6, 6.07) is 6.20. The Labute approximate surface area is 153 Å². The van der Waals surface area contributed by atoms with Crippen LogP contribution in [-0.2, 0) is 20.0 Å². The number of halogens is 1. The SMILES string of the molecule is Cc1c[nH]c(=O)c2c(C(=O)N3CCc4ccc(Br)cc4C3)cn(C)c12. The standard InChI is InChI=1S/C19H18BrN3O2/c1-11-8-21-18(24)16-15(10-22(2)17(11)16)19(25)23-6-5-12-3-4-14(20)7-13(12)9-23/h3-4,7-8,10H,5-6,9H2,1-2H3,(H,21,24). The lowest BCUT2D eigenvalue weighted by molar-refractivity contribution is 0.0736. The zero-order valence-electron chi connectivity index (χ0n) is 14.1. The van der Waals surface area contributed by atoms with Gasteiger partial charge in [0, 0.05) is 37.0 Å². The van der Waals surface area contributed by atoms with Crippen molar-refractivity contribution in [1.82, 2.24) is 14.5 Å². The summed E-state index contributed by atoms with van der Waals surface area (Å²) >= 11 is 3.49. The Kier molecular flexibility index (Phi) is 3.80. The first-order chi connectivity index (χ1) is 12.0. The second-order valence-corrected chi connectivity index (χ2v) is 7.48. The number of H-pyrrole nitrogens is 1. The minimum atomic E-state index is -0.218. The molecule has 0 saturated heterocycles. The molecule has 3 aromatic rings. The molecule has 1 aromatic carbocycles. The fourth-order valence-corrected chi connectivity index (χ4v) is 4.09. The first-order valence-electron chi connectivity index (χ1n) is 8.19. The third-order valence-electron chi connectivity index (χ3n) is 4.90. The molecule has 0 fully saturated rings. The van der Waals surface area contributed by atoms with Gasteiger partial charge in [-0.2, -0.15) is 0 Å². The Bertz CT molecular complexity index is 1060. The third-order valence-corrected chi connectivity index (χ3v) is 5.39. The molecule has 4 rings (SSSR count). The van der Waals surface area contributed by atoms with Gasteiger partial charge < -0.3 is 14.5 Å². The highest BCUT2D eigenvalue weighted by atomic mass is 79.9. The van der Waals surface area contributed by atoms with Gasteiger partial charge in [-0.3, -0.25) is 9.59 Å². The van der Waals surface area contributed by atoms with Crippen LogP contribution in [0, 0.1) is 6.92 Å². The summed E-state index contributed by atoms with van der Waals surface area (Å²) in [6.45, 7) is 3.16. The van der Waals surface area contributed by atoms with Gasteiger partial charge in [-0.05, 0) is 42.2 Å². The molecule has 0 atom stereocenters. The maximum absolute atomic E-state index is 13.1. The molecule has 5 nitrogen and oxygen atoms in total. The Morgan fingerprint density at radius 3 is 2.88 bits per heavy atom. The monoisotopic (exact) mass is 399 g/mol. The minimum Gasteiger partial charge on any atom is -0.349 e. The number of aromatic nitrogens is 2. The fourth-order valence-electron chi connectivity index (χ4n) is 3.68. The maximum Gasteiger partial charge on any atom is 0.258 e. The second kappa shape index (κ2) is 5.88. The van der Waals surface area contributed by atoms with E-state index < -0.39 is 0 Å². The number of amides is 1. The lowest BCUT2D eigenvalue weighted by Gasteiger charge is -2.29. The number of benzene rings is 1. The lowest BCUT2D eigenvalue weighted by Crippen LogP contribution is -2.36. The molecule has 1 amide bonds. The Hall–Kier alpha value is -2.34. The van der Waals surface area contributed by atoms with Crippen molar-refractivity contribution in [2.24, 2.45) is 7.05 Å². The number of pyridine rings is 1. The summed E-state index contributed by atoms with van der Waals surface area (Å²) in [5, 5.41) is 0.479. The summed E-state index contributed by atoms with van der Waals surface area (Å²) in [5.41, 5.74) is 4.44. The molecule has 0 bridgehead atoms. The van der Waals surface area contributed by atoms with E-state index in [4.69, 9.17) is 0 Å². The molecule has 0 radical (unpaired) electrons. The largest absolute Gasteiger partial charge is 0.349 e. The number of carbonyl (C=O) groups excluding carboxylic acids is 1. The van der Waals surface area contributed by atoms with Crippen LogP contribution in [0.5, 0.6) is 0 Å². The smallest absolute Gasteiger partial charge is 0.258 e. The molecule has 1 aliphatic heterocycles. The van der Waals surface area contributed by atoms with Crippen LogP contribution in [0.15, 0.2) is 39.9 Å². The molecule has 6 heteroatoms. The van der Waals surface area contributed by atoms with E-state index in [0.717, 1.165) is 27.5 Å². The highest BCUT2D eigenvalue weighted by Crippen LogP contribution is 2.26. The van der Waals surface area contributed by atoms with E-state index in [-0.39, 0.29) is 11.5 Å². The highest BCUT2D eigenvalue weighted by molar-refractivity contribution is 9.10. The van der Waals surface area contributed by atoms with Gasteiger partial charge in [0.2, 0.25) is 0 Å².